The van der Waals surface area contributed by atoms with Crippen LogP contribution >= 0.6 is 0 Å². The van der Waals surface area contributed by atoms with Crippen molar-refractivity contribution in [3.63, 3.8) is 0 Å². The lowest BCUT2D eigenvalue weighted by Gasteiger charge is -2.23. The number of pyridine rings is 1. The minimum atomic E-state index is -4.56. The molecule has 0 unspecified atom stereocenters. The first-order valence-corrected chi connectivity index (χ1v) is 9.00. The van der Waals surface area contributed by atoms with Gasteiger partial charge in [0.2, 0.25) is 0 Å². The molecule has 29 heavy (non-hydrogen) atoms. The number of ether oxygens (including phenoxy) is 2. The molecule has 0 amide bonds. The van der Waals surface area contributed by atoms with E-state index in [4.69, 9.17) is 9.47 Å². The summed E-state index contributed by atoms with van der Waals surface area (Å²) < 4.78 is 51.9. The summed E-state index contributed by atoms with van der Waals surface area (Å²) in [6, 6.07) is 9.56. The predicted molar refractivity (Wildman–Crippen MR) is 100 cm³/mol. The number of para-hydroxylation sites is 1. The van der Waals surface area contributed by atoms with E-state index in [1.165, 1.54) is 16.7 Å². The summed E-state index contributed by atoms with van der Waals surface area (Å²) in [5.41, 5.74) is -1.10. The van der Waals surface area contributed by atoms with Crippen LogP contribution in [0, 0.1) is 0 Å². The van der Waals surface area contributed by atoms with Crippen LogP contribution in [-0.2, 0) is 17.5 Å². The van der Waals surface area contributed by atoms with E-state index in [1.807, 2.05) is 0 Å². The molecule has 0 fully saturated rings. The zero-order chi connectivity index (χ0) is 20.8. The summed E-state index contributed by atoms with van der Waals surface area (Å²) >= 11 is 0. The van der Waals surface area contributed by atoms with Crippen LogP contribution in [0.3, 0.4) is 0 Å². The molecular formula is C21H16F3NO4. The molecule has 0 N–H and O–H groups in total. The van der Waals surface area contributed by atoms with Gasteiger partial charge in [-0.1, -0.05) is 24.3 Å². The molecule has 1 aromatic heterocycles. The highest BCUT2D eigenvalue weighted by atomic mass is 19.4. The fourth-order valence-corrected chi connectivity index (χ4v) is 3.60. The molecule has 0 spiro atoms. The van der Waals surface area contributed by atoms with E-state index in [-0.39, 0.29) is 36.4 Å². The molecule has 3 aromatic rings. The highest BCUT2D eigenvalue weighted by molar-refractivity contribution is 6.08. The van der Waals surface area contributed by atoms with Gasteiger partial charge in [0.1, 0.15) is 17.9 Å². The third kappa shape index (κ3) is 3.14. The minimum absolute atomic E-state index is 0.0293. The maximum absolute atomic E-state index is 13.3. The van der Waals surface area contributed by atoms with Gasteiger partial charge in [0, 0.05) is 10.9 Å². The van der Waals surface area contributed by atoms with Gasteiger partial charge in [-0.15, -0.1) is 0 Å². The highest BCUT2D eigenvalue weighted by Gasteiger charge is 2.32. The van der Waals surface area contributed by atoms with Crippen molar-refractivity contribution in [2.45, 2.75) is 19.6 Å². The van der Waals surface area contributed by atoms with Gasteiger partial charge >= 0.3 is 12.1 Å². The molecule has 0 atom stereocenters. The first-order chi connectivity index (χ1) is 13.8. The number of carbonyl (C=O) groups excluding carboxylic acids is 1. The van der Waals surface area contributed by atoms with Crippen LogP contribution in [0.1, 0.15) is 22.8 Å². The Hall–Kier alpha value is -3.29. The molecule has 1 aliphatic heterocycles. The maximum Gasteiger partial charge on any atom is 0.416 e. The third-order valence-electron chi connectivity index (χ3n) is 4.78. The molecule has 150 valence electrons. The summed E-state index contributed by atoms with van der Waals surface area (Å²) in [4.78, 5) is 25.8. The van der Waals surface area contributed by atoms with Crippen LogP contribution in [0.25, 0.3) is 22.0 Å². The first-order valence-electron chi connectivity index (χ1n) is 9.00. The number of nitrogens with zero attached hydrogens (tertiary/aromatic N) is 1. The summed E-state index contributed by atoms with van der Waals surface area (Å²) in [6.07, 6.45) is -4.56. The highest BCUT2D eigenvalue weighted by Crippen LogP contribution is 2.38. The van der Waals surface area contributed by atoms with Crippen molar-refractivity contribution >= 4 is 16.9 Å². The van der Waals surface area contributed by atoms with Gasteiger partial charge in [0.25, 0.3) is 5.56 Å². The number of esters is 1. The quantitative estimate of drug-likeness (QED) is 0.614. The van der Waals surface area contributed by atoms with E-state index in [1.54, 1.807) is 25.1 Å². The van der Waals surface area contributed by atoms with Crippen LogP contribution < -0.4 is 10.3 Å². The van der Waals surface area contributed by atoms with Crippen LogP contribution in [0.4, 0.5) is 13.2 Å². The van der Waals surface area contributed by atoms with Crippen molar-refractivity contribution < 1.29 is 27.4 Å². The number of hydrogen-bond acceptors (Lipinski definition) is 4. The van der Waals surface area contributed by atoms with Gasteiger partial charge in [0.15, 0.2) is 0 Å². The van der Waals surface area contributed by atoms with Gasteiger partial charge in [-0.2, -0.15) is 13.2 Å². The number of aromatic nitrogens is 1. The standard InChI is InChI=1S/C21H16F3NO4/c1-2-28-20(27)17-16(12-5-3-6-13(11-12)21(22,23)24)14-7-4-8-15-18(14)25(19(17)26)9-10-29-15/h3-8,11H,2,9-10H2,1H3. The van der Waals surface area contributed by atoms with Gasteiger partial charge in [0.05, 0.1) is 24.2 Å². The van der Waals surface area contributed by atoms with Crippen molar-refractivity contribution in [2.24, 2.45) is 0 Å². The molecule has 0 bridgehead atoms. The summed E-state index contributed by atoms with van der Waals surface area (Å²) in [5, 5.41) is 0.448. The van der Waals surface area contributed by atoms with Crippen molar-refractivity contribution in [3.8, 4) is 16.9 Å². The Kier molecular flexibility index (Phi) is 4.56. The lowest BCUT2D eigenvalue weighted by molar-refractivity contribution is -0.137. The average molecular weight is 403 g/mol. The van der Waals surface area contributed by atoms with E-state index in [0.29, 0.717) is 16.7 Å². The molecule has 4 rings (SSSR count). The van der Waals surface area contributed by atoms with Gasteiger partial charge in [-0.25, -0.2) is 4.79 Å². The van der Waals surface area contributed by atoms with Crippen molar-refractivity contribution in [1.29, 1.82) is 0 Å². The van der Waals surface area contributed by atoms with E-state index in [2.05, 4.69) is 0 Å². The third-order valence-corrected chi connectivity index (χ3v) is 4.78. The molecule has 5 nitrogen and oxygen atoms in total. The Morgan fingerprint density at radius 1 is 1.21 bits per heavy atom. The van der Waals surface area contributed by atoms with Crippen LogP contribution in [0.2, 0.25) is 0 Å². The van der Waals surface area contributed by atoms with E-state index < -0.39 is 23.3 Å². The molecule has 0 radical (unpaired) electrons. The number of rotatable bonds is 3. The predicted octanol–water partition coefficient (Wildman–Crippen LogP) is 4.26. The Morgan fingerprint density at radius 3 is 2.69 bits per heavy atom. The van der Waals surface area contributed by atoms with Gasteiger partial charge in [-0.3, -0.25) is 4.79 Å². The molecular weight excluding hydrogens is 387 g/mol. The number of alkyl halides is 3. The Bertz CT molecular complexity index is 1180. The number of halogens is 3. The van der Waals surface area contributed by atoms with E-state index in [0.717, 1.165) is 12.1 Å². The molecule has 0 aliphatic carbocycles. The van der Waals surface area contributed by atoms with E-state index in [9.17, 15) is 22.8 Å². The van der Waals surface area contributed by atoms with Gasteiger partial charge in [-0.05, 0) is 30.7 Å². The fourth-order valence-electron chi connectivity index (χ4n) is 3.60. The van der Waals surface area contributed by atoms with Crippen molar-refractivity contribution in [3.05, 3.63) is 63.9 Å². The second-order valence-electron chi connectivity index (χ2n) is 6.51. The second-order valence-corrected chi connectivity index (χ2v) is 6.51. The SMILES string of the molecule is CCOC(=O)c1c(-c2cccc(C(F)(F)F)c2)c2cccc3c2n(c1=O)CCO3. The van der Waals surface area contributed by atoms with Crippen molar-refractivity contribution in [2.75, 3.05) is 13.2 Å². The Morgan fingerprint density at radius 2 is 1.97 bits per heavy atom. The topological polar surface area (TPSA) is 57.5 Å². The number of carbonyl (C=O) groups is 1. The summed E-state index contributed by atoms with van der Waals surface area (Å²) in [5.74, 6) is -0.429. The zero-order valence-electron chi connectivity index (χ0n) is 15.4. The maximum atomic E-state index is 13.3. The number of benzene rings is 2. The Labute approximate surface area is 163 Å². The monoisotopic (exact) mass is 403 g/mol. The zero-order valence-corrected chi connectivity index (χ0v) is 15.4. The first kappa shape index (κ1) is 19.0. The van der Waals surface area contributed by atoms with Crippen LogP contribution in [0.15, 0.2) is 47.3 Å². The van der Waals surface area contributed by atoms with Gasteiger partial charge < -0.3 is 14.0 Å². The largest absolute Gasteiger partial charge is 0.490 e. The van der Waals surface area contributed by atoms with E-state index >= 15 is 0 Å². The second kappa shape index (κ2) is 6.95. The lowest BCUT2D eigenvalue weighted by Crippen LogP contribution is -2.32. The Balaban J connectivity index is 2.13. The minimum Gasteiger partial charge on any atom is -0.490 e. The summed E-state index contributed by atoms with van der Waals surface area (Å²) in [7, 11) is 0. The normalized spacial score (nSPS) is 13.2. The molecule has 0 saturated carbocycles. The lowest BCUT2D eigenvalue weighted by atomic mass is 9.94. The fraction of sp³-hybridized carbons (Fsp3) is 0.238. The summed E-state index contributed by atoms with van der Waals surface area (Å²) in [6.45, 7) is 2.09. The molecule has 2 heterocycles. The van der Waals surface area contributed by atoms with Crippen LogP contribution in [-0.4, -0.2) is 23.8 Å². The molecule has 0 saturated heterocycles. The molecule has 8 heteroatoms. The van der Waals surface area contributed by atoms with Crippen LogP contribution in [0.5, 0.6) is 5.75 Å². The molecule has 1 aliphatic rings. The molecule has 2 aromatic carbocycles. The average Bonchev–Trinajstić information content (AvgIpc) is 2.70. The van der Waals surface area contributed by atoms with Crippen molar-refractivity contribution in [1.82, 2.24) is 4.57 Å². The number of hydrogen-bond donors (Lipinski definition) is 0. The smallest absolute Gasteiger partial charge is 0.416 e.